The molecule has 2 N–H and O–H groups in total. The van der Waals surface area contributed by atoms with Crippen molar-refractivity contribution in [2.24, 2.45) is 5.92 Å². The predicted molar refractivity (Wildman–Crippen MR) is 69.4 cm³/mol. The Bertz CT molecular complexity index is 198. The topological polar surface area (TPSA) is 41.1 Å². The van der Waals surface area contributed by atoms with E-state index in [2.05, 4.69) is 24.1 Å². The lowest BCUT2D eigenvalue weighted by atomic mass is 10.1. The lowest BCUT2D eigenvalue weighted by molar-refractivity contribution is -0.122. The average Bonchev–Trinajstić information content (AvgIpc) is 2.85. The van der Waals surface area contributed by atoms with Gasteiger partial charge in [-0.15, -0.1) is 6.58 Å². The molecule has 1 unspecified atom stereocenters. The summed E-state index contributed by atoms with van der Waals surface area (Å²) in [6.45, 7) is 11.5. The first-order chi connectivity index (χ1) is 7.74. The fraction of sp³-hybridized carbons (Fsp3) is 0.769. The third kappa shape index (κ3) is 5.91. The third-order valence-corrected chi connectivity index (χ3v) is 2.68. The van der Waals surface area contributed by atoms with Crippen molar-refractivity contribution in [2.45, 2.75) is 46.1 Å². The molecule has 0 aromatic heterocycles. The second-order valence-corrected chi connectivity index (χ2v) is 3.94. The molecule has 1 amide bonds. The van der Waals surface area contributed by atoms with Crippen LogP contribution in [0.5, 0.6) is 0 Å². The Kier molecular flexibility index (Phi) is 8.91. The molecule has 3 heteroatoms. The number of allylic oxidation sites excluding steroid dienone is 1. The van der Waals surface area contributed by atoms with Gasteiger partial charge in [-0.25, -0.2) is 0 Å². The molecule has 1 aliphatic rings. The minimum Gasteiger partial charge on any atom is -0.355 e. The van der Waals surface area contributed by atoms with Crippen molar-refractivity contribution in [1.29, 1.82) is 0 Å². The molecule has 1 fully saturated rings. The first-order valence-corrected chi connectivity index (χ1v) is 6.37. The van der Waals surface area contributed by atoms with Crippen LogP contribution in [0, 0.1) is 5.92 Å². The van der Waals surface area contributed by atoms with Crippen molar-refractivity contribution in [2.75, 3.05) is 13.1 Å². The molecule has 0 saturated carbocycles. The molecule has 1 rings (SSSR count). The van der Waals surface area contributed by atoms with Crippen molar-refractivity contribution in [3.8, 4) is 0 Å². The summed E-state index contributed by atoms with van der Waals surface area (Å²) in [6.07, 6.45) is 4.98. The fourth-order valence-corrected chi connectivity index (χ4v) is 1.57. The minimum atomic E-state index is 0.0500. The lowest BCUT2D eigenvalue weighted by Gasteiger charge is -2.12. The Balaban J connectivity index is 0.00000106. The van der Waals surface area contributed by atoms with E-state index in [9.17, 15) is 4.79 Å². The Labute approximate surface area is 99.7 Å². The number of amides is 1. The van der Waals surface area contributed by atoms with Gasteiger partial charge in [0, 0.05) is 6.54 Å². The summed E-state index contributed by atoms with van der Waals surface area (Å²) in [5.74, 6) is 0.630. The quantitative estimate of drug-likeness (QED) is 0.705. The van der Waals surface area contributed by atoms with Gasteiger partial charge >= 0.3 is 0 Å². The van der Waals surface area contributed by atoms with E-state index < -0.39 is 0 Å². The van der Waals surface area contributed by atoms with E-state index in [1.165, 1.54) is 0 Å². The molecule has 0 aliphatic carbocycles. The largest absolute Gasteiger partial charge is 0.355 e. The van der Waals surface area contributed by atoms with E-state index in [1.807, 2.05) is 19.9 Å². The van der Waals surface area contributed by atoms with Gasteiger partial charge in [-0.05, 0) is 31.7 Å². The highest BCUT2D eigenvalue weighted by Gasteiger charge is 2.21. The van der Waals surface area contributed by atoms with Crippen LogP contribution in [0.2, 0.25) is 0 Å². The monoisotopic (exact) mass is 226 g/mol. The maximum Gasteiger partial charge on any atom is 0.237 e. The molecular weight excluding hydrogens is 200 g/mol. The van der Waals surface area contributed by atoms with Crippen molar-refractivity contribution in [3.63, 3.8) is 0 Å². The molecule has 1 saturated heterocycles. The van der Waals surface area contributed by atoms with E-state index in [4.69, 9.17) is 0 Å². The molecule has 0 aromatic carbocycles. The van der Waals surface area contributed by atoms with Crippen LogP contribution >= 0.6 is 0 Å². The van der Waals surface area contributed by atoms with Gasteiger partial charge in [-0.2, -0.15) is 0 Å². The SMILES string of the molecule is C=C[C@@H](C)CCNC(=O)C1CCCN1.CC. The van der Waals surface area contributed by atoms with Gasteiger partial charge in [-0.3, -0.25) is 4.79 Å². The van der Waals surface area contributed by atoms with E-state index in [0.29, 0.717) is 5.92 Å². The molecule has 0 bridgehead atoms. The molecule has 1 aliphatic heterocycles. The standard InChI is InChI=1S/C11H20N2O.C2H6/c1-3-9(2)6-8-13-11(14)10-5-4-7-12-10;1-2/h3,9-10,12H,1,4-8H2,2H3,(H,13,14);1-2H3/t9-,10?;/m1./s1. The predicted octanol–water partition coefficient (Wildman–Crippen LogP) is 2.09. The van der Waals surface area contributed by atoms with Crippen LogP contribution in [-0.2, 0) is 4.79 Å². The van der Waals surface area contributed by atoms with E-state index in [-0.39, 0.29) is 11.9 Å². The molecule has 0 spiro atoms. The summed E-state index contributed by atoms with van der Waals surface area (Å²) in [4.78, 5) is 11.5. The van der Waals surface area contributed by atoms with Gasteiger partial charge in [0.05, 0.1) is 6.04 Å². The molecule has 3 nitrogen and oxygen atoms in total. The van der Waals surface area contributed by atoms with Crippen molar-refractivity contribution in [1.82, 2.24) is 10.6 Å². The van der Waals surface area contributed by atoms with Gasteiger partial charge in [-0.1, -0.05) is 26.8 Å². The van der Waals surface area contributed by atoms with Crippen molar-refractivity contribution in [3.05, 3.63) is 12.7 Å². The van der Waals surface area contributed by atoms with Crippen molar-refractivity contribution < 1.29 is 4.79 Å². The van der Waals surface area contributed by atoms with Gasteiger partial charge in [0.25, 0.3) is 0 Å². The zero-order valence-electron chi connectivity index (χ0n) is 10.9. The highest BCUT2D eigenvalue weighted by Crippen LogP contribution is 2.05. The summed E-state index contributed by atoms with van der Waals surface area (Å²) < 4.78 is 0. The number of hydrogen-bond acceptors (Lipinski definition) is 2. The number of carbonyl (C=O) groups excluding carboxylic acids is 1. The van der Waals surface area contributed by atoms with Crippen LogP contribution in [0.4, 0.5) is 0 Å². The maximum atomic E-state index is 11.5. The lowest BCUT2D eigenvalue weighted by Crippen LogP contribution is -2.40. The second kappa shape index (κ2) is 9.40. The summed E-state index contributed by atoms with van der Waals surface area (Å²) in [7, 11) is 0. The van der Waals surface area contributed by atoms with Gasteiger partial charge in [0.15, 0.2) is 0 Å². The van der Waals surface area contributed by atoms with E-state index >= 15 is 0 Å². The van der Waals surface area contributed by atoms with Crippen LogP contribution in [0.1, 0.15) is 40.0 Å². The fourth-order valence-electron chi connectivity index (χ4n) is 1.57. The zero-order chi connectivity index (χ0) is 12.4. The number of hydrogen-bond donors (Lipinski definition) is 2. The first kappa shape index (κ1) is 15.2. The second-order valence-electron chi connectivity index (χ2n) is 3.94. The smallest absolute Gasteiger partial charge is 0.237 e. The van der Waals surface area contributed by atoms with Crippen LogP contribution in [0.15, 0.2) is 12.7 Å². The van der Waals surface area contributed by atoms with Crippen LogP contribution < -0.4 is 10.6 Å². The van der Waals surface area contributed by atoms with E-state index in [0.717, 1.165) is 32.4 Å². The molecule has 0 radical (unpaired) electrons. The van der Waals surface area contributed by atoms with Crippen LogP contribution in [-0.4, -0.2) is 25.0 Å². The number of carbonyl (C=O) groups is 1. The molecular formula is C13H26N2O. The van der Waals surface area contributed by atoms with Gasteiger partial charge in [0.2, 0.25) is 5.91 Å². The summed E-state index contributed by atoms with van der Waals surface area (Å²) in [5, 5.41) is 6.12. The summed E-state index contributed by atoms with van der Waals surface area (Å²) in [6, 6.07) is 0.0500. The highest BCUT2D eigenvalue weighted by atomic mass is 16.2. The van der Waals surface area contributed by atoms with Gasteiger partial charge < -0.3 is 10.6 Å². The van der Waals surface area contributed by atoms with Gasteiger partial charge in [0.1, 0.15) is 0 Å². The Morgan fingerprint density at radius 1 is 1.62 bits per heavy atom. The zero-order valence-corrected chi connectivity index (χ0v) is 10.9. The normalized spacial score (nSPS) is 20.6. The van der Waals surface area contributed by atoms with Crippen LogP contribution in [0.25, 0.3) is 0 Å². The van der Waals surface area contributed by atoms with Crippen molar-refractivity contribution >= 4 is 5.91 Å². The maximum absolute atomic E-state index is 11.5. The first-order valence-electron chi connectivity index (χ1n) is 6.37. The molecule has 94 valence electrons. The van der Waals surface area contributed by atoms with Crippen LogP contribution in [0.3, 0.4) is 0 Å². The Hall–Kier alpha value is -0.830. The number of nitrogens with one attached hydrogen (secondary N) is 2. The molecule has 1 heterocycles. The molecule has 0 aromatic rings. The third-order valence-electron chi connectivity index (χ3n) is 2.68. The number of rotatable bonds is 5. The highest BCUT2D eigenvalue weighted by molar-refractivity contribution is 5.81. The minimum absolute atomic E-state index is 0.0500. The average molecular weight is 226 g/mol. The molecule has 16 heavy (non-hydrogen) atoms. The Morgan fingerprint density at radius 3 is 2.81 bits per heavy atom. The summed E-state index contributed by atoms with van der Waals surface area (Å²) in [5.41, 5.74) is 0. The Morgan fingerprint density at radius 2 is 2.31 bits per heavy atom. The summed E-state index contributed by atoms with van der Waals surface area (Å²) >= 11 is 0. The molecule has 2 atom stereocenters. The van der Waals surface area contributed by atoms with E-state index in [1.54, 1.807) is 0 Å².